The molecule has 0 bridgehead atoms. The first-order valence-electron chi connectivity index (χ1n) is 5.86. The maximum absolute atomic E-state index is 11.1. The van der Waals surface area contributed by atoms with E-state index < -0.39 is 0 Å². The van der Waals surface area contributed by atoms with Crippen LogP contribution in [-0.4, -0.2) is 24.1 Å². The van der Waals surface area contributed by atoms with Gasteiger partial charge in [-0.2, -0.15) is 0 Å². The van der Waals surface area contributed by atoms with Crippen LogP contribution in [0.5, 0.6) is 0 Å². The molecule has 1 amide bonds. The first kappa shape index (κ1) is 14.8. The molecule has 0 aromatic heterocycles. The van der Waals surface area contributed by atoms with Gasteiger partial charge in [0.05, 0.1) is 13.2 Å². The van der Waals surface area contributed by atoms with Crippen LogP contribution < -0.4 is 10.6 Å². The molecule has 0 aliphatic heterocycles. The second-order valence-electron chi connectivity index (χ2n) is 4.67. The van der Waals surface area contributed by atoms with Crippen molar-refractivity contribution in [1.82, 2.24) is 0 Å². The van der Waals surface area contributed by atoms with E-state index in [-0.39, 0.29) is 19.1 Å². The van der Waals surface area contributed by atoms with Crippen molar-refractivity contribution in [1.29, 1.82) is 0 Å². The van der Waals surface area contributed by atoms with Crippen molar-refractivity contribution in [3.63, 3.8) is 0 Å². The van der Waals surface area contributed by atoms with Gasteiger partial charge in [0, 0.05) is 17.3 Å². The Morgan fingerprint density at radius 1 is 1.50 bits per heavy atom. The van der Waals surface area contributed by atoms with Crippen LogP contribution in [0.25, 0.3) is 0 Å². The fraction of sp³-hybridized carbons (Fsp3) is 0.462. The predicted octanol–water partition coefficient (Wildman–Crippen LogP) is 1.78. The Morgan fingerprint density at radius 3 is 2.61 bits per heavy atom. The van der Waals surface area contributed by atoms with E-state index in [0.717, 1.165) is 12.2 Å². The number of halogens is 1. The highest BCUT2D eigenvalue weighted by Crippen LogP contribution is 2.24. The van der Waals surface area contributed by atoms with E-state index in [9.17, 15) is 4.79 Å². The van der Waals surface area contributed by atoms with Gasteiger partial charge < -0.3 is 15.7 Å². The van der Waals surface area contributed by atoms with Crippen LogP contribution >= 0.6 is 11.6 Å². The Labute approximate surface area is 112 Å². The fourth-order valence-corrected chi connectivity index (χ4v) is 1.99. The van der Waals surface area contributed by atoms with E-state index in [1.54, 1.807) is 12.1 Å². The average Bonchev–Trinajstić information content (AvgIpc) is 2.26. The molecule has 1 rings (SSSR count). The van der Waals surface area contributed by atoms with E-state index in [1.165, 1.54) is 0 Å². The van der Waals surface area contributed by atoms with Crippen molar-refractivity contribution in [2.45, 2.75) is 20.5 Å². The molecule has 0 unspecified atom stereocenters. The lowest BCUT2D eigenvalue weighted by atomic mass is 10.1. The molecule has 0 aliphatic carbocycles. The maximum atomic E-state index is 11.1. The number of nitrogens with zero attached hydrogens (tertiary/aromatic N) is 1. The maximum Gasteiger partial charge on any atom is 0.236 e. The van der Waals surface area contributed by atoms with Gasteiger partial charge in [0.2, 0.25) is 5.91 Å². The van der Waals surface area contributed by atoms with Gasteiger partial charge in [0.15, 0.2) is 0 Å². The summed E-state index contributed by atoms with van der Waals surface area (Å²) in [5.41, 5.74) is 6.75. The van der Waals surface area contributed by atoms with Gasteiger partial charge in [-0.15, -0.1) is 0 Å². The van der Waals surface area contributed by atoms with Crippen LogP contribution in [0, 0.1) is 5.92 Å². The molecule has 1 aromatic carbocycles. The standard InChI is InChI=1S/C13H19ClN2O2/c1-9(2)6-16(7-13(15)18)11-4-3-10(8-17)12(14)5-11/h3-5,9,17H,6-8H2,1-2H3,(H2,15,18). The van der Waals surface area contributed by atoms with Crippen molar-refractivity contribution in [3.05, 3.63) is 28.8 Å². The minimum absolute atomic E-state index is 0.0981. The summed E-state index contributed by atoms with van der Waals surface area (Å²) >= 11 is 6.04. The normalized spacial score (nSPS) is 10.7. The van der Waals surface area contributed by atoms with Gasteiger partial charge in [0.25, 0.3) is 0 Å². The summed E-state index contributed by atoms with van der Waals surface area (Å²) in [4.78, 5) is 13.0. The van der Waals surface area contributed by atoms with E-state index in [2.05, 4.69) is 13.8 Å². The summed E-state index contributed by atoms with van der Waals surface area (Å²) in [6.07, 6.45) is 0. The minimum Gasteiger partial charge on any atom is -0.392 e. The van der Waals surface area contributed by atoms with Crippen molar-refractivity contribution >= 4 is 23.2 Å². The Morgan fingerprint density at radius 2 is 2.17 bits per heavy atom. The summed E-state index contributed by atoms with van der Waals surface area (Å²) in [5, 5.41) is 9.56. The number of primary amides is 1. The molecule has 4 nitrogen and oxygen atoms in total. The van der Waals surface area contributed by atoms with Crippen LogP contribution in [0.2, 0.25) is 5.02 Å². The first-order chi connectivity index (χ1) is 8.43. The third-order valence-electron chi connectivity index (χ3n) is 2.50. The number of benzene rings is 1. The summed E-state index contributed by atoms with van der Waals surface area (Å²) in [5.74, 6) is 0.0265. The topological polar surface area (TPSA) is 66.6 Å². The largest absolute Gasteiger partial charge is 0.392 e. The van der Waals surface area contributed by atoms with Crippen molar-refractivity contribution in [2.24, 2.45) is 11.7 Å². The SMILES string of the molecule is CC(C)CN(CC(N)=O)c1ccc(CO)c(Cl)c1. The number of carbonyl (C=O) groups excluding carboxylic acids is 1. The zero-order chi connectivity index (χ0) is 13.7. The summed E-state index contributed by atoms with van der Waals surface area (Å²) in [6, 6.07) is 5.34. The Kier molecular flexibility index (Phi) is 5.44. The van der Waals surface area contributed by atoms with Crippen LogP contribution in [-0.2, 0) is 11.4 Å². The van der Waals surface area contributed by atoms with Crippen LogP contribution in [0.4, 0.5) is 5.69 Å². The Balaban J connectivity index is 2.97. The number of hydrogen-bond donors (Lipinski definition) is 2. The highest BCUT2D eigenvalue weighted by molar-refractivity contribution is 6.31. The average molecular weight is 271 g/mol. The zero-order valence-electron chi connectivity index (χ0n) is 10.7. The number of hydrogen-bond acceptors (Lipinski definition) is 3. The van der Waals surface area contributed by atoms with Gasteiger partial charge in [-0.3, -0.25) is 4.79 Å². The molecule has 0 saturated heterocycles. The summed E-state index contributed by atoms with van der Waals surface area (Å²) in [6.45, 7) is 4.92. The minimum atomic E-state index is -0.377. The fourth-order valence-electron chi connectivity index (χ4n) is 1.75. The van der Waals surface area contributed by atoms with Crippen molar-refractivity contribution < 1.29 is 9.90 Å². The summed E-state index contributed by atoms with van der Waals surface area (Å²) in [7, 11) is 0. The van der Waals surface area contributed by atoms with Gasteiger partial charge in [-0.05, 0) is 23.6 Å². The number of rotatable bonds is 6. The predicted molar refractivity (Wildman–Crippen MR) is 73.6 cm³/mol. The molecule has 0 aliphatic rings. The molecule has 0 radical (unpaired) electrons. The molecular weight excluding hydrogens is 252 g/mol. The lowest BCUT2D eigenvalue weighted by Gasteiger charge is -2.25. The Bertz CT molecular complexity index is 421. The Hall–Kier alpha value is -1.26. The van der Waals surface area contributed by atoms with Gasteiger partial charge in [0.1, 0.15) is 0 Å². The lowest BCUT2D eigenvalue weighted by Crippen LogP contribution is -2.36. The second-order valence-corrected chi connectivity index (χ2v) is 5.08. The van der Waals surface area contributed by atoms with Gasteiger partial charge in [-0.25, -0.2) is 0 Å². The van der Waals surface area contributed by atoms with Crippen molar-refractivity contribution in [3.8, 4) is 0 Å². The smallest absolute Gasteiger partial charge is 0.236 e. The molecular formula is C13H19ClN2O2. The highest BCUT2D eigenvalue weighted by atomic mass is 35.5. The molecule has 3 N–H and O–H groups in total. The molecule has 1 aromatic rings. The van der Waals surface area contributed by atoms with E-state index in [4.69, 9.17) is 22.4 Å². The van der Waals surface area contributed by atoms with Crippen LogP contribution in [0.3, 0.4) is 0 Å². The molecule has 0 fully saturated rings. The lowest BCUT2D eigenvalue weighted by molar-refractivity contribution is -0.116. The number of aliphatic hydroxyl groups excluding tert-OH is 1. The van der Waals surface area contributed by atoms with E-state index >= 15 is 0 Å². The number of amides is 1. The molecule has 0 atom stereocenters. The number of anilines is 1. The monoisotopic (exact) mass is 270 g/mol. The third-order valence-corrected chi connectivity index (χ3v) is 2.86. The van der Waals surface area contributed by atoms with Crippen LogP contribution in [0.15, 0.2) is 18.2 Å². The first-order valence-corrected chi connectivity index (χ1v) is 6.24. The summed E-state index contributed by atoms with van der Waals surface area (Å²) < 4.78 is 0. The number of nitrogens with two attached hydrogens (primary N) is 1. The van der Waals surface area contributed by atoms with Gasteiger partial charge in [-0.1, -0.05) is 31.5 Å². The molecule has 18 heavy (non-hydrogen) atoms. The van der Waals surface area contributed by atoms with Crippen LogP contribution in [0.1, 0.15) is 19.4 Å². The highest BCUT2D eigenvalue weighted by Gasteiger charge is 2.12. The van der Waals surface area contributed by atoms with E-state index in [1.807, 2.05) is 11.0 Å². The molecule has 0 saturated carbocycles. The molecule has 0 heterocycles. The molecule has 100 valence electrons. The molecule has 5 heteroatoms. The quantitative estimate of drug-likeness (QED) is 0.828. The third kappa shape index (κ3) is 4.20. The molecule has 0 spiro atoms. The van der Waals surface area contributed by atoms with Crippen molar-refractivity contribution in [2.75, 3.05) is 18.0 Å². The van der Waals surface area contributed by atoms with E-state index in [0.29, 0.717) is 16.5 Å². The second kappa shape index (κ2) is 6.61. The zero-order valence-corrected chi connectivity index (χ0v) is 11.4. The van der Waals surface area contributed by atoms with Gasteiger partial charge >= 0.3 is 0 Å². The number of aliphatic hydroxyl groups is 1. The number of carbonyl (C=O) groups is 1.